The lowest BCUT2D eigenvalue weighted by Gasteiger charge is -2.14. The van der Waals surface area contributed by atoms with Crippen molar-refractivity contribution in [3.8, 4) is 11.5 Å². The molecule has 0 saturated carbocycles. The van der Waals surface area contributed by atoms with Gasteiger partial charge in [0.05, 0.1) is 23.8 Å². The average Bonchev–Trinajstić information content (AvgIpc) is 2.86. The first-order valence-electron chi connectivity index (χ1n) is 8.01. The molecule has 0 saturated heterocycles. The van der Waals surface area contributed by atoms with Crippen LogP contribution in [-0.2, 0) is 0 Å². The summed E-state index contributed by atoms with van der Waals surface area (Å²) in [5.41, 5.74) is 6.94. The Morgan fingerprint density at radius 1 is 1.31 bits per heavy atom. The zero-order valence-corrected chi connectivity index (χ0v) is 17.5. The molecule has 26 heavy (non-hydrogen) atoms. The number of hydrogen-bond acceptors (Lipinski definition) is 5. The van der Waals surface area contributed by atoms with E-state index in [9.17, 15) is 9.59 Å². The number of nitrogens with one attached hydrogen (secondary N) is 1. The van der Waals surface area contributed by atoms with Crippen molar-refractivity contribution in [2.45, 2.75) is 27.2 Å². The summed E-state index contributed by atoms with van der Waals surface area (Å²) in [5.74, 6) is 0.0668. The third-order valence-electron chi connectivity index (χ3n) is 3.80. The van der Waals surface area contributed by atoms with E-state index in [1.807, 2.05) is 13.8 Å². The minimum absolute atomic E-state index is 0.342. The van der Waals surface area contributed by atoms with Gasteiger partial charge in [0.2, 0.25) is 0 Å². The van der Waals surface area contributed by atoms with Gasteiger partial charge < -0.3 is 20.5 Å². The zero-order chi connectivity index (χ0) is 19.4. The molecule has 2 rings (SSSR count). The summed E-state index contributed by atoms with van der Waals surface area (Å²) in [6.07, 6.45) is 0.852. The second-order valence-corrected chi connectivity index (χ2v) is 7.72. The first kappa shape index (κ1) is 20.3. The Morgan fingerprint density at radius 3 is 2.58 bits per heavy atom. The molecule has 0 aliphatic heterocycles. The van der Waals surface area contributed by atoms with Gasteiger partial charge in [0, 0.05) is 10.4 Å². The number of anilines is 1. The molecule has 2 amide bonds. The van der Waals surface area contributed by atoms with Crippen LogP contribution in [0, 0.1) is 13.8 Å². The van der Waals surface area contributed by atoms with Crippen LogP contribution >= 0.6 is 27.3 Å². The number of benzene rings is 1. The fraction of sp³-hybridized carbons (Fsp3) is 0.333. The maximum Gasteiger partial charge on any atom is 0.256 e. The number of thiophene rings is 1. The van der Waals surface area contributed by atoms with Gasteiger partial charge in [0.25, 0.3) is 11.8 Å². The number of hydrogen-bond donors (Lipinski definition) is 2. The lowest BCUT2D eigenvalue weighted by molar-refractivity contribution is 0.100. The maximum absolute atomic E-state index is 12.7. The highest BCUT2D eigenvalue weighted by Crippen LogP contribution is 2.38. The van der Waals surface area contributed by atoms with Crippen LogP contribution in [0.15, 0.2) is 16.6 Å². The smallest absolute Gasteiger partial charge is 0.256 e. The van der Waals surface area contributed by atoms with E-state index in [1.165, 1.54) is 18.4 Å². The number of primary amides is 1. The standard InChI is InChI=1S/C18H21BrN2O4S/c1-5-6-25-15-12(19)7-11(8-13(15)24-4)17(23)21-18-14(16(20)22)9(2)10(3)26-18/h7-8H,5-6H2,1-4H3,(H2,20,22)(H,21,23). The van der Waals surface area contributed by atoms with Crippen molar-refractivity contribution < 1.29 is 19.1 Å². The molecule has 0 fully saturated rings. The molecule has 1 heterocycles. The highest BCUT2D eigenvalue weighted by Gasteiger charge is 2.21. The molecule has 0 atom stereocenters. The number of carbonyl (C=O) groups is 2. The van der Waals surface area contributed by atoms with E-state index in [0.717, 1.165) is 16.9 Å². The Labute approximate surface area is 164 Å². The van der Waals surface area contributed by atoms with E-state index in [1.54, 1.807) is 19.1 Å². The summed E-state index contributed by atoms with van der Waals surface area (Å²) in [6, 6.07) is 3.25. The van der Waals surface area contributed by atoms with Crippen LogP contribution in [-0.4, -0.2) is 25.5 Å². The molecular weight excluding hydrogens is 420 g/mol. The van der Waals surface area contributed by atoms with E-state index >= 15 is 0 Å². The van der Waals surface area contributed by atoms with Gasteiger partial charge in [0.15, 0.2) is 11.5 Å². The molecule has 0 unspecified atom stereocenters. The molecule has 1 aromatic carbocycles. The van der Waals surface area contributed by atoms with Crippen molar-refractivity contribution in [3.05, 3.63) is 38.2 Å². The molecule has 1 aromatic heterocycles. The third-order valence-corrected chi connectivity index (χ3v) is 5.51. The van der Waals surface area contributed by atoms with Crippen LogP contribution < -0.4 is 20.5 Å². The number of halogens is 1. The Hall–Kier alpha value is -2.06. The number of carbonyl (C=O) groups excluding carboxylic acids is 2. The molecule has 0 spiro atoms. The quantitative estimate of drug-likeness (QED) is 0.671. The van der Waals surface area contributed by atoms with Crippen molar-refractivity contribution in [2.24, 2.45) is 5.73 Å². The molecule has 6 nitrogen and oxygen atoms in total. The van der Waals surface area contributed by atoms with Crippen molar-refractivity contribution in [1.29, 1.82) is 0 Å². The Morgan fingerprint density at radius 2 is 2.00 bits per heavy atom. The van der Waals surface area contributed by atoms with Crippen molar-refractivity contribution in [2.75, 3.05) is 19.0 Å². The number of aryl methyl sites for hydroxylation is 1. The Bertz CT molecular complexity index is 848. The van der Waals surface area contributed by atoms with E-state index in [-0.39, 0.29) is 5.91 Å². The largest absolute Gasteiger partial charge is 0.493 e. The highest BCUT2D eigenvalue weighted by molar-refractivity contribution is 9.10. The summed E-state index contributed by atoms with van der Waals surface area (Å²) in [6.45, 7) is 6.22. The van der Waals surface area contributed by atoms with Gasteiger partial charge in [-0.1, -0.05) is 6.92 Å². The van der Waals surface area contributed by atoms with Crippen LogP contribution in [0.1, 0.15) is 44.5 Å². The normalized spacial score (nSPS) is 10.5. The van der Waals surface area contributed by atoms with E-state index in [0.29, 0.717) is 38.7 Å². The zero-order valence-electron chi connectivity index (χ0n) is 15.1. The summed E-state index contributed by atoms with van der Waals surface area (Å²) in [7, 11) is 1.51. The van der Waals surface area contributed by atoms with Gasteiger partial charge in [-0.25, -0.2) is 0 Å². The molecule has 8 heteroatoms. The van der Waals surface area contributed by atoms with E-state index in [2.05, 4.69) is 21.2 Å². The number of rotatable bonds is 7. The molecule has 0 radical (unpaired) electrons. The van der Waals surface area contributed by atoms with Crippen molar-refractivity contribution in [1.82, 2.24) is 0 Å². The Balaban J connectivity index is 2.35. The van der Waals surface area contributed by atoms with Gasteiger partial charge >= 0.3 is 0 Å². The van der Waals surface area contributed by atoms with Gasteiger partial charge in [-0.05, 0) is 53.9 Å². The molecule has 140 valence electrons. The summed E-state index contributed by atoms with van der Waals surface area (Å²) in [5, 5.41) is 3.22. The summed E-state index contributed by atoms with van der Waals surface area (Å²) >= 11 is 4.74. The van der Waals surface area contributed by atoms with E-state index < -0.39 is 5.91 Å². The van der Waals surface area contributed by atoms with E-state index in [4.69, 9.17) is 15.2 Å². The lowest BCUT2D eigenvalue weighted by Crippen LogP contribution is -2.17. The molecule has 0 aliphatic carbocycles. The predicted molar refractivity (Wildman–Crippen MR) is 107 cm³/mol. The fourth-order valence-corrected chi connectivity index (χ4v) is 4.00. The first-order chi connectivity index (χ1) is 12.3. The first-order valence-corrected chi connectivity index (χ1v) is 9.62. The van der Waals surface area contributed by atoms with Gasteiger partial charge in [-0.15, -0.1) is 11.3 Å². The summed E-state index contributed by atoms with van der Waals surface area (Å²) < 4.78 is 11.6. The van der Waals surface area contributed by atoms with Gasteiger partial charge in [0.1, 0.15) is 5.00 Å². The minimum Gasteiger partial charge on any atom is -0.493 e. The predicted octanol–water partition coefficient (Wildman–Crippen LogP) is 4.28. The molecule has 0 aliphatic rings. The monoisotopic (exact) mass is 440 g/mol. The number of nitrogens with two attached hydrogens (primary N) is 1. The topological polar surface area (TPSA) is 90.6 Å². The van der Waals surface area contributed by atoms with Crippen LogP contribution in [0.4, 0.5) is 5.00 Å². The fourth-order valence-electron chi connectivity index (χ4n) is 2.38. The molecule has 2 aromatic rings. The molecule has 0 bridgehead atoms. The van der Waals surface area contributed by atoms with Crippen LogP contribution in [0.25, 0.3) is 0 Å². The van der Waals surface area contributed by atoms with Crippen LogP contribution in [0.5, 0.6) is 11.5 Å². The van der Waals surface area contributed by atoms with Crippen LogP contribution in [0.2, 0.25) is 0 Å². The number of amides is 2. The second-order valence-electron chi connectivity index (χ2n) is 5.64. The van der Waals surface area contributed by atoms with Gasteiger partial charge in [-0.3, -0.25) is 9.59 Å². The summed E-state index contributed by atoms with van der Waals surface area (Å²) in [4.78, 5) is 25.3. The number of methoxy groups -OCH3 is 1. The van der Waals surface area contributed by atoms with Gasteiger partial charge in [-0.2, -0.15) is 0 Å². The van der Waals surface area contributed by atoms with Crippen molar-refractivity contribution in [3.63, 3.8) is 0 Å². The SMILES string of the molecule is CCCOc1c(Br)cc(C(=O)Nc2sc(C)c(C)c2C(N)=O)cc1OC. The highest BCUT2D eigenvalue weighted by atomic mass is 79.9. The second kappa shape index (κ2) is 8.55. The Kier molecular flexibility index (Phi) is 6.66. The van der Waals surface area contributed by atoms with Crippen molar-refractivity contribution >= 4 is 44.1 Å². The molecule has 3 N–H and O–H groups in total. The maximum atomic E-state index is 12.7. The third kappa shape index (κ3) is 4.19. The average molecular weight is 441 g/mol. The molecular formula is C18H21BrN2O4S. The lowest BCUT2D eigenvalue weighted by atomic mass is 10.1. The number of ether oxygens (including phenoxy) is 2. The minimum atomic E-state index is -0.566. The van der Waals surface area contributed by atoms with Crippen LogP contribution in [0.3, 0.4) is 0 Å².